The molecule has 0 heterocycles. The number of aliphatic hydroxyl groups excluding tert-OH is 2. The molecule has 0 rings (SSSR count). The topological polar surface area (TPSA) is 152 Å². The molecule has 550 valence electrons. The maximum Gasteiger partial charge on any atom is 0.306 e. The maximum atomic E-state index is 13.0. The average molecular weight is 1350 g/mol. The minimum absolute atomic E-state index is 0.0727. The van der Waals surface area contributed by atoms with Crippen molar-refractivity contribution in [3.8, 4) is 0 Å². The number of aliphatic hydroxyl groups is 2. The molecule has 0 aliphatic rings. The van der Waals surface area contributed by atoms with Crippen LogP contribution in [0.4, 0.5) is 0 Å². The molecule has 1 amide bonds. The summed E-state index contributed by atoms with van der Waals surface area (Å²) >= 11 is 0. The highest BCUT2D eigenvalue weighted by molar-refractivity contribution is 8.76. The molecule has 0 fully saturated rings. The number of nitrogens with one attached hydrogen (secondary N) is 1. The van der Waals surface area contributed by atoms with Gasteiger partial charge in [0.15, 0.2) is 0 Å². The van der Waals surface area contributed by atoms with Gasteiger partial charge in [0.1, 0.15) is 19.5 Å². The fourth-order valence-electron chi connectivity index (χ4n) is 11.6. The molecular formula is C78H153N5O8S2. The van der Waals surface area contributed by atoms with E-state index in [1.807, 2.05) is 52.7 Å². The van der Waals surface area contributed by atoms with Crippen LogP contribution in [0.5, 0.6) is 0 Å². The van der Waals surface area contributed by atoms with Crippen molar-refractivity contribution in [3.05, 3.63) is 24.3 Å². The lowest BCUT2D eigenvalue weighted by Gasteiger charge is -2.27. The van der Waals surface area contributed by atoms with Gasteiger partial charge in [-0.25, -0.2) is 0 Å². The van der Waals surface area contributed by atoms with Gasteiger partial charge in [0, 0.05) is 64.0 Å². The molecule has 3 unspecified atom stereocenters. The van der Waals surface area contributed by atoms with E-state index in [1.54, 1.807) is 0 Å². The van der Waals surface area contributed by atoms with E-state index < -0.39 is 0 Å². The molecule has 0 aliphatic carbocycles. The third-order valence-corrected chi connectivity index (χ3v) is 20.4. The van der Waals surface area contributed by atoms with E-state index in [1.165, 1.54) is 180 Å². The van der Waals surface area contributed by atoms with Gasteiger partial charge in [0.2, 0.25) is 5.91 Å². The summed E-state index contributed by atoms with van der Waals surface area (Å²) in [5.74, 6) is 2.15. The number of nitrogens with zero attached hydrogens (tertiary/aromatic N) is 4. The molecule has 0 spiro atoms. The smallest absolute Gasteiger partial charge is 0.306 e. The lowest BCUT2D eigenvalue weighted by molar-refractivity contribution is -0.143. The molecule has 93 heavy (non-hydrogen) atoms. The number of carbonyl (C=O) groups excluding carboxylic acids is 4. The number of likely N-dealkylation sites (N-methyl/N-ethyl adjacent to an activating group) is 3. The Bertz CT molecular complexity index is 1570. The van der Waals surface area contributed by atoms with Crippen molar-refractivity contribution in [1.82, 2.24) is 24.9 Å². The zero-order chi connectivity index (χ0) is 68.6. The number of hydrogen-bond donors (Lipinski definition) is 3. The van der Waals surface area contributed by atoms with Crippen LogP contribution in [0.1, 0.15) is 330 Å². The second-order valence-electron chi connectivity index (χ2n) is 26.6. The first kappa shape index (κ1) is 93.1. The number of esters is 2. The molecule has 0 radical (unpaired) electrons. The summed E-state index contributed by atoms with van der Waals surface area (Å²) in [6, 6.07) is -0.124. The molecule has 3 N–H and O–H groups in total. The first-order valence-electron chi connectivity index (χ1n) is 39.2. The Morgan fingerprint density at radius 2 is 0.796 bits per heavy atom. The van der Waals surface area contributed by atoms with Gasteiger partial charge in [-0.3, -0.25) is 19.3 Å². The highest BCUT2D eigenvalue weighted by Gasteiger charge is 2.21. The lowest BCUT2D eigenvalue weighted by Crippen LogP contribution is -2.46. The van der Waals surface area contributed by atoms with Crippen molar-refractivity contribution < 1.29 is 38.9 Å². The van der Waals surface area contributed by atoms with E-state index >= 15 is 0 Å². The molecule has 0 aromatic rings. The second-order valence-corrected chi connectivity index (χ2v) is 29.3. The second kappa shape index (κ2) is 75.8. The number of carbonyl (C=O) groups is 4. The summed E-state index contributed by atoms with van der Waals surface area (Å²) in [6.07, 6.45) is 59.7. The van der Waals surface area contributed by atoms with E-state index in [9.17, 15) is 29.4 Å². The number of amides is 1. The Morgan fingerprint density at radius 3 is 1.23 bits per heavy atom. The largest absolute Gasteiger partial charge is 0.461 e. The van der Waals surface area contributed by atoms with E-state index in [0.29, 0.717) is 45.6 Å². The van der Waals surface area contributed by atoms with E-state index in [2.05, 4.69) is 73.7 Å². The monoisotopic (exact) mass is 1350 g/mol. The zero-order valence-electron chi connectivity index (χ0n) is 62.3. The molecule has 0 saturated carbocycles. The minimum atomic E-state index is -0.332. The van der Waals surface area contributed by atoms with E-state index in [0.717, 1.165) is 160 Å². The van der Waals surface area contributed by atoms with Crippen LogP contribution in [0, 0.1) is 0 Å². The molecule has 0 aromatic carbocycles. The Kier molecular flexibility index (Phi) is 75.8. The van der Waals surface area contributed by atoms with Crippen LogP contribution in [0.2, 0.25) is 0 Å². The Labute approximate surface area is 583 Å². The predicted molar refractivity (Wildman–Crippen MR) is 405 cm³/mol. The third-order valence-electron chi connectivity index (χ3n) is 17.9. The summed E-state index contributed by atoms with van der Waals surface area (Å²) in [4.78, 5) is 57.0. The average Bonchev–Trinajstić information content (AvgIpc) is 3.54. The first-order chi connectivity index (χ1) is 45.5. The highest BCUT2D eigenvalue weighted by Crippen LogP contribution is 2.25. The van der Waals surface area contributed by atoms with Crippen LogP contribution in [-0.2, 0) is 28.7 Å². The summed E-state index contributed by atoms with van der Waals surface area (Å²) < 4.78 is 10.8. The predicted octanol–water partition coefficient (Wildman–Crippen LogP) is 19.1. The molecule has 0 bridgehead atoms. The number of aldehydes is 1. The van der Waals surface area contributed by atoms with Crippen molar-refractivity contribution in [2.75, 3.05) is 104 Å². The fourth-order valence-corrected chi connectivity index (χ4v) is 13.9. The minimum Gasteiger partial charge on any atom is -0.461 e. The number of ether oxygens (including phenoxy) is 2. The maximum absolute atomic E-state index is 13.0. The zero-order valence-corrected chi connectivity index (χ0v) is 63.9. The standard InChI is InChI=1S/C50H96N4O5S2.C28H57NO3/c1-7-11-13-15-17-25-32-43-58-48(55)35-27-21-19-23-29-38-54(39-30-24-20-22-28-36-49(56)59-44-33-26-18-16-14-12-8-2)40-31-34-45-60-61-46-37-47(51-5)50(57)52(6)41-42-53(9-3)10-4;1-3-5-7-9-11-13-15-17-21-27(31)25-29(23-19-20-24-30)26-28(32)22-18-16-14-12-10-8-6-4-2/h25-26,32-33,47,51H,7-24,27-31,34-46H2,1-6H3;24,27-28,31-32H,3-23,25-26H2,1-2H3/b32-25-,33-26-;. The summed E-state index contributed by atoms with van der Waals surface area (Å²) in [5, 5.41) is 24.3. The molecule has 15 heteroatoms. The number of rotatable bonds is 72. The first-order valence-corrected chi connectivity index (χ1v) is 41.7. The van der Waals surface area contributed by atoms with Crippen LogP contribution < -0.4 is 5.32 Å². The lowest BCUT2D eigenvalue weighted by atomic mass is 10.0. The van der Waals surface area contributed by atoms with E-state index in [-0.39, 0.29) is 36.1 Å². The van der Waals surface area contributed by atoms with Crippen molar-refractivity contribution in [3.63, 3.8) is 0 Å². The summed E-state index contributed by atoms with van der Waals surface area (Å²) in [7, 11) is 7.67. The SMILES string of the molecule is CCCCCC/C=C\COC(=O)CCCCCCCN(CCCCCCCC(=O)OC/C=C\CCCCCC)CCCCSSCCC(NC)C(=O)N(C)CCN(CC)CC.CCCCCCCCCCC(O)CN(CCCC=O)CC(O)CCCCCCCCCC. The number of allylic oxidation sites excluding steroid dienone is 2. The molecular weight excluding hydrogens is 1200 g/mol. The number of unbranched alkanes of at least 4 members (excludes halogenated alkanes) is 32. The molecule has 0 saturated heterocycles. The fraction of sp³-hybridized carbons (Fsp3) is 0.897. The normalized spacial score (nSPS) is 12.7. The van der Waals surface area contributed by atoms with Crippen LogP contribution >= 0.6 is 21.6 Å². The summed E-state index contributed by atoms with van der Waals surface area (Å²) in [6.45, 7) is 23.2. The van der Waals surface area contributed by atoms with Crippen LogP contribution in [0.15, 0.2) is 24.3 Å². The van der Waals surface area contributed by atoms with Crippen LogP contribution in [0.3, 0.4) is 0 Å². The van der Waals surface area contributed by atoms with Crippen molar-refractivity contribution >= 4 is 45.7 Å². The van der Waals surface area contributed by atoms with Gasteiger partial charge in [-0.15, -0.1) is 0 Å². The molecule has 13 nitrogen and oxygen atoms in total. The molecule has 3 atom stereocenters. The van der Waals surface area contributed by atoms with Crippen molar-refractivity contribution in [2.24, 2.45) is 0 Å². The Morgan fingerprint density at radius 1 is 0.409 bits per heavy atom. The molecule has 0 aliphatic heterocycles. The highest BCUT2D eigenvalue weighted by atomic mass is 33.1. The van der Waals surface area contributed by atoms with E-state index in [4.69, 9.17) is 9.47 Å². The Hall–Kier alpha value is -1.98. The van der Waals surface area contributed by atoms with Crippen LogP contribution in [0.25, 0.3) is 0 Å². The number of hydrogen-bond acceptors (Lipinski definition) is 14. The van der Waals surface area contributed by atoms with Crippen LogP contribution in [-0.4, -0.2) is 176 Å². The van der Waals surface area contributed by atoms with Gasteiger partial charge < -0.3 is 44.5 Å². The van der Waals surface area contributed by atoms with Gasteiger partial charge in [0.05, 0.1) is 18.2 Å². The molecule has 0 aromatic heterocycles. The van der Waals surface area contributed by atoms with Crippen molar-refractivity contribution in [1.29, 1.82) is 0 Å². The van der Waals surface area contributed by atoms with Gasteiger partial charge in [-0.1, -0.05) is 267 Å². The van der Waals surface area contributed by atoms with Crippen molar-refractivity contribution in [2.45, 2.75) is 349 Å². The van der Waals surface area contributed by atoms with Gasteiger partial charge in [0.25, 0.3) is 0 Å². The van der Waals surface area contributed by atoms with Gasteiger partial charge in [-0.2, -0.15) is 0 Å². The van der Waals surface area contributed by atoms with Gasteiger partial charge in [-0.05, 0) is 136 Å². The van der Waals surface area contributed by atoms with Gasteiger partial charge >= 0.3 is 11.9 Å². The Balaban J connectivity index is 0. The summed E-state index contributed by atoms with van der Waals surface area (Å²) in [5.41, 5.74) is 0. The quantitative estimate of drug-likeness (QED) is 0.0174. The third kappa shape index (κ3) is 68.3.